The van der Waals surface area contributed by atoms with Crippen molar-refractivity contribution in [2.75, 3.05) is 12.4 Å². The van der Waals surface area contributed by atoms with Crippen LogP contribution in [0.4, 0.5) is 5.69 Å². The van der Waals surface area contributed by atoms with E-state index in [4.69, 9.17) is 4.74 Å². The molecular weight excluding hydrogens is 234 g/mol. The van der Waals surface area contributed by atoms with E-state index in [-0.39, 0.29) is 0 Å². The fourth-order valence-electron chi connectivity index (χ4n) is 2.23. The van der Waals surface area contributed by atoms with Crippen molar-refractivity contribution in [2.45, 2.75) is 26.8 Å². The molecule has 0 aliphatic heterocycles. The fourth-order valence-corrected chi connectivity index (χ4v) is 2.23. The number of rotatable bonds is 5. The SMILES string of the molecule is CCc1ccccc1CNc1cc(C)ccc1OC. The maximum absolute atomic E-state index is 5.38. The third kappa shape index (κ3) is 3.28. The molecule has 0 fully saturated rings. The lowest BCUT2D eigenvalue weighted by Gasteiger charge is -2.13. The van der Waals surface area contributed by atoms with Gasteiger partial charge >= 0.3 is 0 Å². The van der Waals surface area contributed by atoms with Crippen molar-refractivity contribution in [3.05, 3.63) is 59.2 Å². The highest BCUT2D eigenvalue weighted by Crippen LogP contribution is 2.26. The highest BCUT2D eigenvalue weighted by molar-refractivity contribution is 5.58. The molecule has 0 aromatic heterocycles. The molecule has 0 atom stereocenters. The Balaban J connectivity index is 2.16. The van der Waals surface area contributed by atoms with Crippen molar-refractivity contribution in [3.63, 3.8) is 0 Å². The minimum absolute atomic E-state index is 0.823. The van der Waals surface area contributed by atoms with Crippen LogP contribution in [0.3, 0.4) is 0 Å². The van der Waals surface area contributed by atoms with Crippen LogP contribution in [0.5, 0.6) is 5.75 Å². The number of aryl methyl sites for hydroxylation is 2. The normalized spacial score (nSPS) is 10.3. The summed E-state index contributed by atoms with van der Waals surface area (Å²) in [6.07, 6.45) is 1.06. The van der Waals surface area contributed by atoms with Crippen molar-refractivity contribution < 1.29 is 4.74 Å². The minimum atomic E-state index is 0.823. The number of hydrogen-bond donors (Lipinski definition) is 1. The highest BCUT2D eigenvalue weighted by atomic mass is 16.5. The largest absolute Gasteiger partial charge is 0.495 e. The lowest BCUT2D eigenvalue weighted by molar-refractivity contribution is 0.416. The van der Waals surface area contributed by atoms with Gasteiger partial charge in [0.1, 0.15) is 5.75 Å². The molecule has 0 bridgehead atoms. The van der Waals surface area contributed by atoms with Crippen LogP contribution in [0.2, 0.25) is 0 Å². The van der Waals surface area contributed by atoms with Gasteiger partial charge in [-0.25, -0.2) is 0 Å². The Labute approximate surface area is 115 Å². The van der Waals surface area contributed by atoms with Crippen LogP contribution in [0, 0.1) is 6.92 Å². The van der Waals surface area contributed by atoms with Gasteiger partial charge in [0.15, 0.2) is 0 Å². The van der Waals surface area contributed by atoms with Gasteiger partial charge in [0.05, 0.1) is 12.8 Å². The first-order valence-corrected chi connectivity index (χ1v) is 6.70. The molecule has 1 N–H and O–H groups in total. The van der Waals surface area contributed by atoms with E-state index in [1.807, 2.05) is 6.07 Å². The number of hydrogen-bond acceptors (Lipinski definition) is 2. The van der Waals surface area contributed by atoms with Crippen LogP contribution in [-0.4, -0.2) is 7.11 Å². The van der Waals surface area contributed by atoms with Gasteiger partial charge in [0, 0.05) is 6.54 Å². The second-order valence-electron chi connectivity index (χ2n) is 4.68. The van der Waals surface area contributed by atoms with Gasteiger partial charge in [-0.1, -0.05) is 37.3 Å². The quantitative estimate of drug-likeness (QED) is 0.865. The molecule has 0 aliphatic carbocycles. The zero-order valence-corrected chi connectivity index (χ0v) is 11.9. The first kappa shape index (κ1) is 13.5. The van der Waals surface area contributed by atoms with Crippen molar-refractivity contribution >= 4 is 5.69 Å². The maximum Gasteiger partial charge on any atom is 0.141 e. The smallest absolute Gasteiger partial charge is 0.141 e. The summed E-state index contributed by atoms with van der Waals surface area (Å²) >= 11 is 0. The van der Waals surface area contributed by atoms with Crippen LogP contribution in [0.15, 0.2) is 42.5 Å². The predicted octanol–water partition coefficient (Wildman–Crippen LogP) is 4.18. The molecule has 2 heteroatoms. The molecular formula is C17H21NO. The molecule has 0 spiro atoms. The predicted molar refractivity (Wildman–Crippen MR) is 80.9 cm³/mol. The summed E-state index contributed by atoms with van der Waals surface area (Å²) in [6, 6.07) is 14.7. The van der Waals surface area contributed by atoms with Gasteiger partial charge in [-0.15, -0.1) is 0 Å². The summed E-state index contributed by atoms with van der Waals surface area (Å²) in [5.41, 5.74) is 5.01. The zero-order valence-electron chi connectivity index (χ0n) is 11.9. The van der Waals surface area contributed by atoms with Crippen LogP contribution in [0.25, 0.3) is 0 Å². The molecule has 100 valence electrons. The van der Waals surface area contributed by atoms with Gasteiger partial charge in [-0.3, -0.25) is 0 Å². The average Bonchev–Trinajstić information content (AvgIpc) is 2.45. The van der Waals surface area contributed by atoms with E-state index in [0.29, 0.717) is 0 Å². The van der Waals surface area contributed by atoms with Gasteiger partial charge < -0.3 is 10.1 Å². The number of methoxy groups -OCH3 is 1. The van der Waals surface area contributed by atoms with Crippen molar-refractivity contribution in [3.8, 4) is 5.75 Å². The molecule has 19 heavy (non-hydrogen) atoms. The second-order valence-corrected chi connectivity index (χ2v) is 4.68. The molecule has 0 unspecified atom stereocenters. The minimum Gasteiger partial charge on any atom is -0.495 e. The lowest BCUT2D eigenvalue weighted by atomic mass is 10.1. The van der Waals surface area contributed by atoms with Gasteiger partial charge in [-0.05, 0) is 42.2 Å². The van der Waals surface area contributed by atoms with E-state index in [9.17, 15) is 0 Å². The van der Waals surface area contributed by atoms with Crippen LogP contribution < -0.4 is 10.1 Å². The molecule has 0 radical (unpaired) electrons. The fraction of sp³-hybridized carbons (Fsp3) is 0.294. The Morgan fingerprint density at radius 3 is 2.47 bits per heavy atom. The summed E-state index contributed by atoms with van der Waals surface area (Å²) in [5.74, 6) is 0.888. The molecule has 0 aliphatic rings. The summed E-state index contributed by atoms with van der Waals surface area (Å²) in [6.45, 7) is 5.10. The van der Waals surface area contributed by atoms with Crippen LogP contribution in [0.1, 0.15) is 23.6 Å². The molecule has 2 nitrogen and oxygen atoms in total. The summed E-state index contributed by atoms with van der Waals surface area (Å²) in [4.78, 5) is 0. The first-order valence-electron chi connectivity index (χ1n) is 6.70. The Bertz CT molecular complexity index is 549. The van der Waals surface area contributed by atoms with E-state index in [2.05, 4.69) is 55.6 Å². The molecule has 2 aromatic rings. The summed E-state index contributed by atoms with van der Waals surface area (Å²) < 4.78 is 5.38. The second kappa shape index (κ2) is 6.28. The number of benzene rings is 2. The van der Waals surface area contributed by atoms with E-state index in [1.54, 1.807) is 7.11 Å². The number of ether oxygens (including phenoxy) is 1. The number of nitrogens with one attached hydrogen (secondary N) is 1. The van der Waals surface area contributed by atoms with E-state index < -0.39 is 0 Å². The topological polar surface area (TPSA) is 21.3 Å². The first-order chi connectivity index (χ1) is 9.24. The van der Waals surface area contributed by atoms with Crippen molar-refractivity contribution in [1.29, 1.82) is 0 Å². The van der Waals surface area contributed by atoms with E-state index >= 15 is 0 Å². The number of anilines is 1. The molecule has 0 heterocycles. The lowest BCUT2D eigenvalue weighted by Crippen LogP contribution is -2.04. The van der Waals surface area contributed by atoms with Gasteiger partial charge in [0.2, 0.25) is 0 Å². The molecule has 2 aromatic carbocycles. The Kier molecular flexibility index (Phi) is 4.45. The van der Waals surface area contributed by atoms with Crippen LogP contribution in [-0.2, 0) is 13.0 Å². The zero-order chi connectivity index (χ0) is 13.7. The summed E-state index contributed by atoms with van der Waals surface area (Å²) in [7, 11) is 1.70. The Morgan fingerprint density at radius 2 is 1.79 bits per heavy atom. The third-order valence-electron chi connectivity index (χ3n) is 3.32. The van der Waals surface area contributed by atoms with Gasteiger partial charge in [0.25, 0.3) is 0 Å². The summed E-state index contributed by atoms with van der Waals surface area (Å²) in [5, 5.41) is 3.47. The molecule has 2 rings (SSSR count). The average molecular weight is 255 g/mol. The maximum atomic E-state index is 5.38. The van der Waals surface area contributed by atoms with Crippen molar-refractivity contribution in [2.24, 2.45) is 0 Å². The molecule has 0 amide bonds. The standard InChI is InChI=1S/C17H21NO/c1-4-14-7-5-6-8-15(14)12-18-16-11-13(2)9-10-17(16)19-3/h5-11,18H,4,12H2,1-3H3. The highest BCUT2D eigenvalue weighted by Gasteiger charge is 2.04. The van der Waals surface area contributed by atoms with Crippen LogP contribution >= 0.6 is 0 Å². The monoisotopic (exact) mass is 255 g/mol. The van der Waals surface area contributed by atoms with E-state index in [0.717, 1.165) is 24.4 Å². The van der Waals surface area contributed by atoms with E-state index in [1.165, 1.54) is 16.7 Å². The molecule has 0 saturated heterocycles. The Hall–Kier alpha value is -1.96. The van der Waals surface area contributed by atoms with Crippen molar-refractivity contribution in [1.82, 2.24) is 0 Å². The Morgan fingerprint density at radius 1 is 1.05 bits per heavy atom. The third-order valence-corrected chi connectivity index (χ3v) is 3.32. The molecule has 0 saturated carbocycles. The van der Waals surface area contributed by atoms with Gasteiger partial charge in [-0.2, -0.15) is 0 Å².